The quantitative estimate of drug-likeness (QED) is 0.636. The van der Waals surface area contributed by atoms with Crippen LogP contribution in [0, 0.1) is 5.95 Å². The van der Waals surface area contributed by atoms with Gasteiger partial charge >= 0.3 is 0 Å². The number of fused-ring (bicyclic) bond motifs is 3. The van der Waals surface area contributed by atoms with Crippen LogP contribution in [0.1, 0.15) is 11.3 Å². The Labute approximate surface area is 92.9 Å². The predicted molar refractivity (Wildman–Crippen MR) is 58.9 cm³/mol. The summed E-state index contributed by atoms with van der Waals surface area (Å²) in [5, 5.41) is 0.965. The molecule has 0 fully saturated rings. The summed E-state index contributed by atoms with van der Waals surface area (Å²) in [4.78, 5) is 6.06. The van der Waals surface area contributed by atoms with E-state index in [1.54, 1.807) is 6.07 Å². The molecule has 0 N–H and O–H groups in total. The zero-order valence-electron chi connectivity index (χ0n) is 9.16. The zero-order chi connectivity index (χ0) is 11.1. The lowest BCUT2D eigenvalue weighted by Gasteiger charge is -2.11. The Morgan fingerprint density at radius 1 is 1.31 bits per heavy atom. The summed E-state index contributed by atoms with van der Waals surface area (Å²) in [5.74, 6) is 0.492. The van der Waals surface area contributed by atoms with Crippen LogP contribution in [0.4, 0.5) is 4.39 Å². The lowest BCUT2D eigenvalue weighted by atomic mass is 10.1. The summed E-state index contributed by atoms with van der Waals surface area (Å²) < 4.78 is 18.6. The fourth-order valence-electron chi connectivity index (χ4n) is 2.24. The molecule has 1 aliphatic heterocycles. The molecule has 16 heavy (non-hydrogen) atoms. The molecule has 0 radical (unpaired) electrons. The first-order chi connectivity index (χ1) is 7.74. The van der Waals surface area contributed by atoms with Gasteiger partial charge in [0.2, 0.25) is 11.7 Å². The number of hydrogen-bond donors (Lipinski definition) is 0. The average molecular weight is 220 g/mol. The van der Waals surface area contributed by atoms with Gasteiger partial charge in [-0.3, -0.25) is 0 Å². The van der Waals surface area contributed by atoms with E-state index in [1.165, 1.54) is 11.6 Å². The van der Waals surface area contributed by atoms with Crippen LogP contribution in [0.5, 0.6) is 0 Å². The van der Waals surface area contributed by atoms with E-state index in [4.69, 9.17) is 4.42 Å². The lowest BCUT2D eigenvalue weighted by molar-refractivity contribution is 0.346. The molecule has 0 amide bonds. The molecule has 3 heterocycles. The molecule has 0 bridgehead atoms. The van der Waals surface area contributed by atoms with Crippen molar-refractivity contribution >= 4 is 11.1 Å². The lowest BCUT2D eigenvalue weighted by Crippen LogP contribution is -2.20. The second-order valence-electron chi connectivity index (χ2n) is 4.29. The van der Waals surface area contributed by atoms with Gasteiger partial charge in [0, 0.05) is 30.5 Å². The number of likely N-dealkylation sites (N-methyl/N-ethyl adjacent to an activating group) is 1. The molecule has 3 rings (SSSR count). The maximum absolute atomic E-state index is 13.0. The number of rotatable bonds is 0. The van der Waals surface area contributed by atoms with Crippen LogP contribution in [0.15, 0.2) is 16.5 Å². The highest BCUT2D eigenvalue weighted by molar-refractivity contribution is 5.79. The van der Waals surface area contributed by atoms with E-state index in [0.29, 0.717) is 5.71 Å². The maximum atomic E-state index is 13.0. The molecule has 0 spiro atoms. The first kappa shape index (κ1) is 9.78. The van der Waals surface area contributed by atoms with Crippen molar-refractivity contribution in [3.8, 4) is 0 Å². The molecule has 2 aromatic heterocycles. The highest BCUT2D eigenvalue weighted by Crippen LogP contribution is 2.27. The first-order valence-electron chi connectivity index (χ1n) is 5.49. The molecule has 4 heteroatoms. The van der Waals surface area contributed by atoms with Gasteiger partial charge in [-0.25, -0.2) is 0 Å². The number of furan rings is 1. The summed E-state index contributed by atoms with van der Waals surface area (Å²) in [6, 6.07) is 3.16. The van der Waals surface area contributed by atoms with Crippen LogP contribution >= 0.6 is 0 Å². The van der Waals surface area contributed by atoms with Crippen LogP contribution in [0.3, 0.4) is 0 Å². The van der Waals surface area contributed by atoms with Gasteiger partial charge in [0.25, 0.3) is 0 Å². The van der Waals surface area contributed by atoms with E-state index < -0.39 is 5.95 Å². The standard InChI is InChI=1S/C12H13FN2O/c1-15-6-4-8-9-2-3-11(13)14-12(9)16-10(8)5-7-15/h2-3H,4-7H2,1H3. The fourth-order valence-corrected chi connectivity index (χ4v) is 2.24. The van der Waals surface area contributed by atoms with Gasteiger partial charge in [-0.15, -0.1) is 0 Å². The van der Waals surface area contributed by atoms with Gasteiger partial charge in [-0.1, -0.05) is 0 Å². The van der Waals surface area contributed by atoms with Crippen molar-refractivity contribution in [1.82, 2.24) is 9.88 Å². The molecular weight excluding hydrogens is 207 g/mol. The summed E-state index contributed by atoms with van der Waals surface area (Å²) in [6.07, 6.45) is 1.83. The van der Waals surface area contributed by atoms with E-state index in [0.717, 1.165) is 37.1 Å². The number of nitrogens with zero attached hydrogens (tertiary/aromatic N) is 2. The van der Waals surface area contributed by atoms with E-state index in [9.17, 15) is 4.39 Å². The monoisotopic (exact) mass is 220 g/mol. The Balaban J connectivity index is 2.15. The predicted octanol–water partition coefficient (Wildman–Crippen LogP) is 2.00. The summed E-state index contributed by atoms with van der Waals surface area (Å²) >= 11 is 0. The highest BCUT2D eigenvalue weighted by Gasteiger charge is 2.19. The van der Waals surface area contributed by atoms with Gasteiger partial charge in [-0.2, -0.15) is 9.37 Å². The van der Waals surface area contributed by atoms with Crippen LogP contribution in [-0.2, 0) is 12.8 Å². The minimum absolute atomic E-state index is 0.439. The molecule has 0 aliphatic carbocycles. The van der Waals surface area contributed by atoms with E-state index in [1.807, 2.05) is 0 Å². The maximum Gasteiger partial charge on any atom is 0.229 e. The van der Waals surface area contributed by atoms with Crippen LogP contribution < -0.4 is 0 Å². The normalized spacial score (nSPS) is 17.4. The van der Waals surface area contributed by atoms with Crippen molar-refractivity contribution in [2.75, 3.05) is 20.1 Å². The Morgan fingerprint density at radius 2 is 2.12 bits per heavy atom. The van der Waals surface area contributed by atoms with Crippen molar-refractivity contribution in [3.05, 3.63) is 29.4 Å². The third-order valence-electron chi connectivity index (χ3n) is 3.17. The van der Waals surface area contributed by atoms with Crippen molar-refractivity contribution < 1.29 is 8.81 Å². The van der Waals surface area contributed by atoms with Gasteiger partial charge in [0.15, 0.2) is 0 Å². The molecule has 0 saturated heterocycles. The summed E-state index contributed by atoms with van der Waals surface area (Å²) in [7, 11) is 2.10. The summed E-state index contributed by atoms with van der Waals surface area (Å²) in [5.41, 5.74) is 1.64. The van der Waals surface area contributed by atoms with E-state index in [-0.39, 0.29) is 0 Å². The Hall–Kier alpha value is -1.42. The minimum Gasteiger partial charge on any atom is -0.442 e. The molecule has 0 unspecified atom stereocenters. The van der Waals surface area contributed by atoms with E-state index in [2.05, 4.69) is 16.9 Å². The topological polar surface area (TPSA) is 29.3 Å². The van der Waals surface area contributed by atoms with Crippen LogP contribution in [-0.4, -0.2) is 30.0 Å². The Bertz CT molecular complexity index is 535. The molecular formula is C12H13FN2O. The SMILES string of the molecule is CN1CCc2oc3nc(F)ccc3c2CC1. The highest BCUT2D eigenvalue weighted by atomic mass is 19.1. The largest absolute Gasteiger partial charge is 0.442 e. The number of pyridine rings is 1. The number of halogens is 1. The molecule has 0 aromatic carbocycles. The van der Waals surface area contributed by atoms with Crippen molar-refractivity contribution in [2.45, 2.75) is 12.8 Å². The summed E-state index contributed by atoms with van der Waals surface area (Å²) in [6.45, 7) is 1.99. The third-order valence-corrected chi connectivity index (χ3v) is 3.17. The number of aromatic nitrogens is 1. The zero-order valence-corrected chi connectivity index (χ0v) is 9.16. The molecule has 0 atom stereocenters. The molecule has 84 valence electrons. The van der Waals surface area contributed by atoms with Crippen molar-refractivity contribution in [1.29, 1.82) is 0 Å². The smallest absolute Gasteiger partial charge is 0.229 e. The van der Waals surface area contributed by atoms with Gasteiger partial charge in [0.1, 0.15) is 5.76 Å². The minimum atomic E-state index is -0.478. The van der Waals surface area contributed by atoms with Gasteiger partial charge < -0.3 is 9.32 Å². The molecule has 3 nitrogen and oxygen atoms in total. The second-order valence-corrected chi connectivity index (χ2v) is 4.29. The number of hydrogen-bond acceptors (Lipinski definition) is 3. The first-order valence-corrected chi connectivity index (χ1v) is 5.49. The third kappa shape index (κ3) is 1.50. The van der Waals surface area contributed by atoms with Crippen molar-refractivity contribution in [2.24, 2.45) is 0 Å². The van der Waals surface area contributed by atoms with Crippen LogP contribution in [0.25, 0.3) is 11.1 Å². The van der Waals surface area contributed by atoms with Gasteiger partial charge in [-0.05, 0) is 25.6 Å². The van der Waals surface area contributed by atoms with E-state index >= 15 is 0 Å². The van der Waals surface area contributed by atoms with Gasteiger partial charge in [0.05, 0.1) is 0 Å². The fraction of sp³-hybridized carbons (Fsp3) is 0.417. The molecule has 0 saturated carbocycles. The molecule has 2 aromatic rings. The average Bonchev–Trinajstić information content (AvgIpc) is 2.50. The Morgan fingerprint density at radius 3 is 3.00 bits per heavy atom. The Kier molecular flexibility index (Phi) is 2.17. The van der Waals surface area contributed by atoms with Crippen molar-refractivity contribution in [3.63, 3.8) is 0 Å². The second kappa shape index (κ2) is 3.56. The van der Waals surface area contributed by atoms with Crippen LogP contribution in [0.2, 0.25) is 0 Å². The molecule has 1 aliphatic rings.